The van der Waals surface area contributed by atoms with Crippen LogP contribution in [0.3, 0.4) is 0 Å². The Morgan fingerprint density at radius 3 is 2.60 bits per heavy atom. The van der Waals surface area contributed by atoms with Crippen molar-refractivity contribution in [1.82, 2.24) is 9.97 Å². The Bertz CT molecular complexity index is 865. The molecule has 3 aromatic rings. The number of morpholine rings is 1. The number of anilines is 3. The fourth-order valence-electron chi connectivity index (χ4n) is 2.98. The molecule has 1 aromatic heterocycles. The summed E-state index contributed by atoms with van der Waals surface area (Å²) in [6, 6.07) is 16.4. The highest BCUT2D eigenvalue weighted by Crippen LogP contribution is 2.27. The molecule has 1 fully saturated rings. The highest BCUT2D eigenvalue weighted by atomic mass is 35.5. The van der Waals surface area contributed by atoms with E-state index in [0.29, 0.717) is 5.95 Å². The van der Waals surface area contributed by atoms with Crippen LogP contribution in [0.4, 0.5) is 17.5 Å². The zero-order valence-electron chi connectivity index (χ0n) is 14.1. The third-order valence-electron chi connectivity index (χ3n) is 4.17. The van der Waals surface area contributed by atoms with Crippen LogP contribution in [-0.2, 0) is 4.74 Å². The molecule has 0 spiro atoms. The molecule has 0 aliphatic carbocycles. The van der Waals surface area contributed by atoms with Gasteiger partial charge in [-0.1, -0.05) is 24.3 Å². The number of aryl methyl sites for hydroxylation is 1. The van der Waals surface area contributed by atoms with Crippen LogP contribution in [0.1, 0.15) is 5.56 Å². The lowest BCUT2D eigenvalue weighted by Gasteiger charge is -2.29. The average Bonchev–Trinajstić information content (AvgIpc) is 2.62. The summed E-state index contributed by atoms with van der Waals surface area (Å²) in [7, 11) is 0. The van der Waals surface area contributed by atoms with E-state index < -0.39 is 0 Å². The summed E-state index contributed by atoms with van der Waals surface area (Å²) in [6.07, 6.45) is 0. The number of nitrogens with one attached hydrogen (secondary N) is 1. The number of benzene rings is 2. The van der Waals surface area contributed by atoms with Crippen molar-refractivity contribution in [1.29, 1.82) is 0 Å². The quantitative estimate of drug-likeness (QED) is 0.770. The van der Waals surface area contributed by atoms with Crippen LogP contribution in [0.15, 0.2) is 48.5 Å². The maximum absolute atomic E-state index is 5.47. The number of para-hydroxylation sites is 1. The van der Waals surface area contributed by atoms with Crippen molar-refractivity contribution in [3.05, 3.63) is 54.1 Å². The van der Waals surface area contributed by atoms with Crippen LogP contribution < -0.4 is 10.2 Å². The minimum absolute atomic E-state index is 0. The van der Waals surface area contributed by atoms with Gasteiger partial charge in [-0.15, -0.1) is 12.4 Å². The second kappa shape index (κ2) is 7.68. The number of halogens is 1. The zero-order chi connectivity index (χ0) is 16.4. The largest absolute Gasteiger partial charge is 0.378 e. The lowest BCUT2D eigenvalue weighted by Crippen LogP contribution is -2.37. The molecular formula is C19H21ClN4O. The van der Waals surface area contributed by atoms with Gasteiger partial charge in [-0.2, -0.15) is 4.98 Å². The molecule has 25 heavy (non-hydrogen) atoms. The smallest absolute Gasteiger partial charge is 0.229 e. The first kappa shape index (κ1) is 17.5. The summed E-state index contributed by atoms with van der Waals surface area (Å²) >= 11 is 0. The van der Waals surface area contributed by atoms with Gasteiger partial charge in [0.05, 0.1) is 18.7 Å². The van der Waals surface area contributed by atoms with Gasteiger partial charge in [-0.25, -0.2) is 4.98 Å². The summed E-state index contributed by atoms with van der Waals surface area (Å²) in [5.74, 6) is 1.60. The Balaban J connectivity index is 0.00000182. The van der Waals surface area contributed by atoms with Crippen molar-refractivity contribution in [2.75, 3.05) is 36.5 Å². The molecule has 1 saturated heterocycles. The zero-order valence-corrected chi connectivity index (χ0v) is 14.9. The van der Waals surface area contributed by atoms with Gasteiger partial charge in [0.2, 0.25) is 5.95 Å². The molecule has 2 heterocycles. The van der Waals surface area contributed by atoms with Crippen molar-refractivity contribution in [2.45, 2.75) is 6.92 Å². The van der Waals surface area contributed by atoms with Gasteiger partial charge >= 0.3 is 0 Å². The lowest BCUT2D eigenvalue weighted by atomic mass is 10.2. The molecule has 0 radical (unpaired) electrons. The molecule has 1 aliphatic rings. The minimum Gasteiger partial charge on any atom is -0.378 e. The predicted molar refractivity (Wildman–Crippen MR) is 104 cm³/mol. The van der Waals surface area contributed by atoms with Crippen molar-refractivity contribution >= 4 is 40.8 Å². The Kier molecular flexibility index (Phi) is 5.36. The van der Waals surface area contributed by atoms with Gasteiger partial charge in [-0.05, 0) is 36.8 Å². The van der Waals surface area contributed by atoms with E-state index in [9.17, 15) is 0 Å². The molecule has 4 rings (SSSR count). The minimum atomic E-state index is 0. The number of aromatic nitrogens is 2. The molecule has 0 unspecified atom stereocenters. The molecule has 0 atom stereocenters. The van der Waals surface area contributed by atoms with E-state index in [0.717, 1.165) is 48.7 Å². The van der Waals surface area contributed by atoms with Gasteiger partial charge in [0.1, 0.15) is 5.82 Å². The van der Waals surface area contributed by atoms with Gasteiger partial charge in [-0.3, -0.25) is 0 Å². The second-order valence-corrected chi connectivity index (χ2v) is 5.98. The molecule has 0 saturated carbocycles. The summed E-state index contributed by atoms with van der Waals surface area (Å²) in [5, 5.41) is 4.41. The van der Waals surface area contributed by atoms with Crippen molar-refractivity contribution in [3.63, 3.8) is 0 Å². The SMILES string of the molecule is Cc1cccc(Nc2nc(N3CCOCC3)c3ccccc3n2)c1.Cl. The Hall–Kier alpha value is -2.37. The lowest BCUT2D eigenvalue weighted by molar-refractivity contribution is 0.122. The number of fused-ring (bicyclic) bond motifs is 1. The Morgan fingerprint density at radius 2 is 1.80 bits per heavy atom. The molecule has 0 bridgehead atoms. The Morgan fingerprint density at radius 1 is 1.00 bits per heavy atom. The standard InChI is InChI=1S/C19H20N4O.ClH/c1-14-5-4-6-15(13-14)20-19-21-17-8-3-2-7-16(17)18(22-19)23-9-11-24-12-10-23;/h2-8,13H,9-12H2,1H3,(H,20,21,22);1H. The fourth-order valence-corrected chi connectivity index (χ4v) is 2.98. The van der Waals surface area contributed by atoms with Crippen LogP contribution in [0.2, 0.25) is 0 Å². The van der Waals surface area contributed by atoms with Crippen LogP contribution in [0.5, 0.6) is 0 Å². The van der Waals surface area contributed by atoms with E-state index in [1.165, 1.54) is 5.56 Å². The first-order chi connectivity index (χ1) is 11.8. The fraction of sp³-hybridized carbons (Fsp3) is 0.263. The summed E-state index contributed by atoms with van der Waals surface area (Å²) in [4.78, 5) is 11.7. The summed E-state index contributed by atoms with van der Waals surface area (Å²) in [5.41, 5.74) is 3.15. The monoisotopic (exact) mass is 356 g/mol. The number of nitrogens with zero attached hydrogens (tertiary/aromatic N) is 3. The van der Waals surface area contributed by atoms with Gasteiger partial charge < -0.3 is 15.0 Å². The van der Waals surface area contributed by atoms with E-state index in [2.05, 4.69) is 40.3 Å². The van der Waals surface area contributed by atoms with Crippen molar-refractivity contribution < 1.29 is 4.74 Å². The van der Waals surface area contributed by atoms with E-state index in [1.807, 2.05) is 30.3 Å². The highest BCUT2D eigenvalue weighted by Gasteiger charge is 2.17. The number of hydrogen-bond acceptors (Lipinski definition) is 5. The molecule has 0 amide bonds. The number of ether oxygens (including phenoxy) is 1. The van der Waals surface area contributed by atoms with E-state index in [1.54, 1.807) is 0 Å². The molecule has 2 aromatic carbocycles. The van der Waals surface area contributed by atoms with E-state index in [4.69, 9.17) is 9.72 Å². The first-order valence-electron chi connectivity index (χ1n) is 8.23. The van der Waals surface area contributed by atoms with Crippen LogP contribution in [0.25, 0.3) is 10.9 Å². The summed E-state index contributed by atoms with van der Waals surface area (Å²) < 4.78 is 5.47. The third kappa shape index (κ3) is 3.83. The van der Waals surface area contributed by atoms with Gasteiger partial charge in [0, 0.05) is 24.2 Å². The maximum atomic E-state index is 5.47. The highest BCUT2D eigenvalue weighted by molar-refractivity contribution is 5.90. The molecule has 6 heteroatoms. The van der Waals surface area contributed by atoms with Crippen LogP contribution in [0, 0.1) is 6.92 Å². The van der Waals surface area contributed by atoms with Crippen molar-refractivity contribution in [2.24, 2.45) is 0 Å². The average molecular weight is 357 g/mol. The molecule has 1 N–H and O–H groups in total. The third-order valence-corrected chi connectivity index (χ3v) is 4.17. The van der Waals surface area contributed by atoms with Gasteiger partial charge in [0.15, 0.2) is 0 Å². The Labute approximate surface area is 153 Å². The summed E-state index contributed by atoms with van der Waals surface area (Å²) in [6.45, 7) is 5.25. The molecule has 5 nitrogen and oxygen atoms in total. The molecule has 130 valence electrons. The molecule has 1 aliphatic heterocycles. The normalized spacial score (nSPS) is 14.2. The number of rotatable bonds is 3. The topological polar surface area (TPSA) is 50.3 Å². The van der Waals surface area contributed by atoms with E-state index in [-0.39, 0.29) is 12.4 Å². The first-order valence-corrected chi connectivity index (χ1v) is 8.23. The van der Waals surface area contributed by atoms with Crippen LogP contribution >= 0.6 is 12.4 Å². The van der Waals surface area contributed by atoms with Crippen molar-refractivity contribution in [3.8, 4) is 0 Å². The van der Waals surface area contributed by atoms with Gasteiger partial charge in [0.25, 0.3) is 0 Å². The number of hydrogen-bond donors (Lipinski definition) is 1. The maximum Gasteiger partial charge on any atom is 0.229 e. The van der Waals surface area contributed by atoms with E-state index >= 15 is 0 Å². The predicted octanol–water partition coefficient (Wildman–Crippen LogP) is 3.94. The molecular weight excluding hydrogens is 336 g/mol. The second-order valence-electron chi connectivity index (χ2n) is 5.98. The van der Waals surface area contributed by atoms with Crippen LogP contribution in [-0.4, -0.2) is 36.3 Å².